The highest BCUT2D eigenvalue weighted by molar-refractivity contribution is 6.62. The van der Waals surface area contributed by atoms with Gasteiger partial charge in [-0.2, -0.15) is 0 Å². The van der Waals surface area contributed by atoms with Crippen LogP contribution in [0.4, 0.5) is 4.79 Å². The molecule has 0 bridgehead atoms. The van der Waals surface area contributed by atoms with E-state index in [2.05, 4.69) is 19.2 Å². The first-order valence-corrected chi connectivity index (χ1v) is 11.5. The first kappa shape index (κ1) is 26.5. The van der Waals surface area contributed by atoms with Gasteiger partial charge in [-0.25, -0.2) is 4.79 Å². The van der Waals surface area contributed by atoms with E-state index in [4.69, 9.17) is 18.8 Å². The molecular weight excluding hydrogens is 405 g/mol. The minimum absolute atomic E-state index is 0.334. The van der Waals surface area contributed by atoms with Crippen molar-refractivity contribution < 1.29 is 23.6 Å². The lowest BCUT2D eigenvalue weighted by Crippen LogP contribution is -2.52. The van der Waals surface area contributed by atoms with Crippen LogP contribution in [0.1, 0.15) is 81.2 Å². The minimum Gasteiger partial charge on any atom is -0.491 e. The maximum atomic E-state index is 12.4. The first-order chi connectivity index (χ1) is 14.4. The average molecular weight is 447 g/mol. The summed E-state index contributed by atoms with van der Waals surface area (Å²) >= 11 is 0. The average Bonchev–Trinajstić information content (AvgIpc) is 2.78. The van der Waals surface area contributed by atoms with Crippen LogP contribution in [0.15, 0.2) is 18.2 Å². The van der Waals surface area contributed by atoms with Gasteiger partial charge in [0.25, 0.3) is 0 Å². The van der Waals surface area contributed by atoms with Crippen molar-refractivity contribution in [2.75, 3.05) is 6.61 Å². The molecule has 1 fully saturated rings. The van der Waals surface area contributed by atoms with Crippen LogP contribution in [0, 0.1) is 12.8 Å². The van der Waals surface area contributed by atoms with Crippen molar-refractivity contribution in [1.29, 1.82) is 0 Å². The summed E-state index contributed by atoms with van der Waals surface area (Å²) in [7, 11) is -0.409. The Hall–Kier alpha value is -1.73. The van der Waals surface area contributed by atoms with E-state index >= 15 is 0 Å². The van der Waals surface area contributed by atoms with Crippen LogP contribution in [-0.4, -0.2) is 42.2 Å². The van der Waals surface area contributed by atoms with Crippen LogP contribution in [0.25, 0.3) is 0 Å². The van der Waals surface area contributed by atoms with Crippen molar-refractivity contribution in [3.63, 3.8) is 0 Å². The first-order valence-electron chi connectivity index (χ1n) is 11.5. The standard InChI is InChI=1S/C25H42BNO5/c1-17(2)15-25(11,27-21(28)30-22(4,5)6)16-29-20-13-12-19(14-18(20)3)26-31-23(7,8)24(9,10)32-26/h12-14,17H,15-16H2,1-11H3,(H,27,28)/t25-/m0/s1. The summed E-state index contributed by atoms with van der Waals surface area (Å²) in [6.45, 7) is 22.3. The fourth-order valence-corrected chi connectivity index (χ4v) is 3.79. The second kappa shape index (κ2) is 9.26. The molecule has 0 aliphatic carbocycles. The Balaban J connectivity index is 2.11. The molecule has 32 heavy (non-hydrogen) atoms. The largest absolute Gasteiger partial charge is 0.494 e. The third kappa shape index (κ3) is 6.88. The number of benzene rings is 1. The van der Waals surface area contributed by atoms with Crippen molar-refractivity contribution in [2.45, 2.75) is 105 Å². The molecule has 0 unspecified atom stereocenters. The molecule has 1 saturated heterocycles. The van der Waals surface area contributed by atoms with Crippen molar-refractivity contribution in [2.24, 2.45) is 5.92 Å². The molecule has 7 heteroatoms. The number of ether oxygens (including phenoxy) is 2. The molecule has 1 heterocycles. The zero-order valence-electron chi connectivity index (χ0n) is 21.8. The van der Waals surface area contributed by atoms with Gasteiger partial charge >= 0.3 is 13.2 Å². The van der Waals surface area contributed by atoms with Crippen LogP contribution in [0.5, 0.6) is 5.75 Å². The predicted molar refractivity (Wildman–Crippen MR) is 130 cm³/mol. The molecule has 1 aromatic carbocycles. The Morgan fingerprint density at radius 2 is 1.66 bits per heavy atom. The Kier molecular flexibility index (Phi) is 7.68. The van der Waals surface area contributed by atoms with Gasteiger partial charge < -0.3 is 24.1 Å². The van der Waals surface area contributed by atoms with Gasteiger partial charge in [0.1, 0.15) is 18.0 Å². The predicted octanol–water partition coefficient (Wildman–Crippen LogP) is 5.00. The highest BCUT2D eigenvalue weighted by Gasteiger charge is 2.51. The Labute approximate surface area is 194 Å². The van der Waals surface area contributed by atoms with E-state index in [1.807, 2.05) is 80.5 Å². The molecule has 1 amide bonds. The maximum Gasteiger partial charge on any atom is 0.494 e. The molecule has 0 spiro atoms. The lowest BCUT2D eigenvalue weighted by atomic mass is 9.78. The Morgan fingerprint density at radius 1 is 1.09 bits per heavy atom. The summed E-state index contributed by atoms with van der Waals surface area (Å²) in [5.74, 6) is 1.15. The van der Waals surface area contributed by atoms with Gasteiger partial charge in [-0.1, -0.05) is 26.0 Å². The number of nitrogens with one attached hydrogen (secondary N) is 1. The topological polar surface area (TPSA) is 66.0 Å². The van der Waals surface area contributed by atoms with Gasteiger partial charge in [0.2, 0.25) is 0 Å². The third-order valence-electron chi connectivity index (χ3n) is 5.93. The number of aryl methyl sites for hydroxylation is 1. The monoisotopic (exact) mass is 447 g/mol. The fraction of sp³-hybridized carbons (Fsp3) is 0.720. The van der Waals surface area contributed by atoms with E-state index in [9.17, 15) is 4.79 Å². The van der Waals surface area contributed by atoms with E-state index in [1.54, 1.807) is 0 Å². The van der Waals surface area contributed by atoms with Gasteiger partial charge in [0.05, 0.1) is 16.7 Å². The van der Waals surface area contributed by atoms with Gasteiger partial charge in [0.15, 0.2) is 0 Å². The van der Waals surface area contributed by atoms with Crippen molar-refractivity contribution in [3.05, 3.63) is 23.8 Å². The smallest absolute Gasteiger partial charge is 0.491 e. The minimum atomic E-state index is -0.562. The van der Waals surface area contributed by atoms with Gasteiger partial charge in [-0.05, 0) is 91.7 Å². The number of carbonyl (C=O) groups is 1. The number of alkyl carbamates (subject to hydrolysis) is 1. The fourth-order valence-electron chi connectivity index (χ4n) is 3.79. The van der Waals surface area contributed by atoms with Gasteiger partial charge in [-0.15, -0.1) is 0 Å². The van der Waals surface area contributed by atoms with Crippen molar-refractivity contribution in [3.8, 4) is 5.75 Å². The Morgan fingerprint density at radius 3 is 2.12 bits per heavy atom. The molecular formula is C25H42BNO5. The quantitative estimate of drug-likeness (QED) is 0.596. The molecule has 1 aliphatic heterocycles. The molecule has 0 aromatic heterocycles. The zero-order chi connectivity index (χ0) is 24.5. The normalized spacial score (nSPS) is 19.6. The van der Waals surface area contributed by atoms with Gasteiger partial charge in [0, 0.05) is 0 Å². The molecule has 2 rings (SSSR count). The highest BCUT2D eigenvalue weighted by atomic mass is 16.7. The number of hydrogen-bond donors (Lipinski definition) is 1. The van der Waals surface area contributed by atoms with Crippen LogP contribution < -0.4 is 15.5 Å². The summed E-state index contributed by atoms with van der Waals surface area (Å²) in [5.41, 5.74) is 0.0721. The second-order valence-corrected chi connectivity index (χ2v) is 11.7. The molecule has 0 radical (unpaired) electrons. The summed E-state index contributed by atoms with van der Waals surface area (Å²) in [6.07, 6.45) is 0.328. The van der Waals surface area contributed by atoms with Crippen LogP contribution >= 0.6 is 0 Å². The lowest BCUT2D eigenvalue weighted by Gasteiger charge is -2.33. The molecule has 1 N–H and O–H groups in total. The zero-order valence-corrected chi connectivity index (χ0v) is 21.8. The van der Waals surface area contributed by atoms with E-state index in [-0.39, 0.29) is 11.2 Å². The Bertz CT molecular complexity index is 799. The number of amides is 1. The van der Waals surface area contributed by atoms with Gasteiger partial charge in [-0.3, -0.25) is 0 Å². The SMILES string of the molecule is Cc1cc(B2OC(C)(C)C(C)(C)O2)ccc1OC[C@](C)(CC(C)C)NC(=O)OC(C)(C)C. The summed E-state index contributed by atoms with van der Waals surface area (Å²) in [5, 5.41) is 3.02. The van der Waals surface area contributed by atoms with Crippen LogP contribution in [-0.2, 0) is 14.0 Å². The molecule has 180 valence electrons. The molecule has 0 saturated carbocycles. The van der Waals surface area contributed by atoms with E-state index in [1.165, 1.54) is 0 Å². The summed E-state index contributed by atoms with van der Waals surface area (Å²) in [4.78, 5) is 12.4. The number of carbonyl (C=O) groups excluding carboxylic acids is 1. The van der Waals surface area contributed by atoms with E-state index in [0.29, 0.717) is 12.5 Å². The van der Waals surface area contributed by atoms with Crippen molar-refractivity contribution in [1.82, 2.24) is 5.32 Å². The molecule has 6 nitrogen and oxygen atoms in total. The highest BCUT2D eigenvalue weighted by Crippen LogP contribution is 2.36. The number of rotatable bonds is 7. The molecule has 1 aliphatic rings. The van der Waals surface area contributed by atoms with E-state index < -0.39 is 24.4 Å². The second-order valence-electron chi connectivity index (χ2n) is 11.7. The summed E-state index contributed by atoms with van der Waals surface area (Å²) < 4.78 is 24.0. The lowest BCUT2D eigenvalue weighted by molar-refractivity contribution is 0.00578. The van der Waals surface area contributed by atoms with Crippen LogP contribution in [0.3, 0.4) is 0 Å². The molecule has 1 aromatic rings. The van der Waals surface area contributed by atoms with Crippen LogP contribution in [0.2, 0.25) is 0 Å². The maximum absolute atomic E-state index is 12.4. The third-order valence-corrected chi connectivity index (χ3v) is 5.93. The van der Waals surface area contributed by atoms with E-state index in [0.717, 1.165) is 23.2 Å². The number of hydrogen-bond acceptors (Lipinski definition) is 5. The summed E-state index contributed by atoms with van der Waals surface area (Å²) in [6, 6.07) is 5.96. The molecule has 1 atom stereocenters. The van der Waals surface area contributed by atoms with Crippen molar-refractivity contribution >= 4 is 18.7 Å².